The molecule has 0 N–H and O–H groups in total. The van der Waals surface area contributed by atoms with Crippen LogP contribution >= 0.6 is 23.1 Å². The summed E-state index contributed by atoms with van der Waals surface area (Å²) in [5, 5.41) is 11.0. The second-order valence-corrected chi connectivity index (χ2v) is 8.57. The van der Waals surface area contributed by atoms with Crippen molar-refractivity contribution in [2.24, 2.45) is 0 Å². The fourth-order valence-corrected chi connectivity index (χ4v) is 4.63. The summed E-state index contributed by atoms with van der Waals surface area (Å²) in [4.78, 5) is 14.1. The molecule has 0 amide bonds. The lowest BCUT2D eigenvalue weighted by Crippen LogP contribution is -2.09. The van der Waals surface area contributed by atoms with Gasteiger partial charge in [0.15, 0.2) is 10.9 Å². The smallest absolute Gasteiger partial charge is 0.191 e. The average Bonchev–Trinajstić information content (AvgIpc) is 3.32. The summed E-state index contributed by atoms with van der Waals surface area (Å²) in [6, 6.07) is 6.54. The molecule has 0 saturated carbocycles. The molecule has 5 nitrogen and oxygen atoms in total. The zero-order valence-electron chi connectivity index (χ0n) is 15.6. The molecule has 0 spiro atoms. The average molecular weight is 389 g/mol. The van der Waals surface area contributed by atoms with Crippen LogP contribution in [0.4, 0.5) is 0 Å². The van der Waals surface area contributed by atoms with Gasteiger partial charge in [0.2, 0.25) is 0 Å². The minimum atomic E-state index is 0.142. The number of rotatable bonds is 8. The second kappa shape index (κ2) is 8.22. The van der Waals surface area contributed by atoms with Gasteiger partial charge in [0.1, 0.15) is 6.33 Å². The van der Waals surface area contributed by atoms with E-state index in [0.717, 1.165) is 35.1 Å². The van der Waals surface area contributed by atoms with Crippen LogP contribution in [-0.4, -0.2) is 30.9 Å². The van der Waals surface area contributed by atoms with Gasteiger partial charge in [0.25, 0.3) is 0 Å². The first-order valence-electron chi connectivity index (χ1n) is 8.72. The van der Waals surface area contributed by atoms with Gasteiger partial charge in [-0.05, 0) is 51.6 Å². The molecule has 0 unspecified atom stereocenters. The molecular weight excluding hydrogens is 364 g/mol. The van der Waals surface area contributed by atoms with Crippen molar-refractivity contribution in [1.82, 2.24) is 19.3 Å². The van der Waals surface area contributed by atoms with Gasteiger partial charge in [0.05, 0.1) is 5.75 Å². The third-order valence-corrected chi connectivity index (χ3v) is 6.36. The zero-order valence-corrected chi connectivity index (χ0v) is 17.2. The first-order chi connectivity index (χ1) is 12.5. The molecule has 0 aliphatic carbocycles. The third kappa shape index (κ3) is 4.10. The van der Waals surface area contributed by atoms with Crippen LogP contribution in [0.2, 0.25) is 0 Å². The maximum absolute atomic E-state index is 12.8. The van der Waals surface area contributed by atoms with Crippen LogP contribution in [0.5, 0.6) is 0 Å². The molecule has 0 fully saturated rings. The highest BCUT2D eigenvalue weighted by Gasteiger charge is 2.17. The minimum absolute atomic E-state index is 0.142. The Hall–Kier alpha value is -1.86. The van der Waals surface area contributed by atoms with Crippen LogP contribution in [0.1, 0.15) is 46.5 Å². The fraction of sp³-hybridized carbons (Fsp3) is 0.421. The van der Waals surface area contributed by atoms with E-state index >= 15 is 0 Å². The Bertz CT molecular complexity index is 878. The predicted octanol–water partition coefficient (Wildman–Crippen LogP) is 4.56. The summed E-state index contributed by atoms with van der Waals surface area (Å²) in [5.74, 6) is 0.518. The molecule has 0 atom stereocenters. The zero-order chi connectivity index (χ0) is 18.7. The van der Waals surface area contributed by atoms with Crippen LogP contribution in [0.15, 0.2) is 35.1 Å². The van der Waals surface area contributed by atoms with Gasteiger partial charge < -0.3 is 9.13 Å². The molecule has 0 saturated heterocycles. The quantitative estimate of drug-likeness (QED) is 0.419. The number of thioether (sulfide) groups is 1. The normalized spacial score (nSPS) is 11.4. The van der Waals surface area contributed by atoms with Crippen molar-refractivity contribution in [3.8, 4) is 0 Å². The van der Waals surface area contributed by atoms with E-state index < -0.39 is 0 Å². The first kappa shape index (κ1) is 18.9. The van der Waals surface area contributed by atoms with Crippen molar-refractivity contribution in [1.29, 1.82) is 0 Å². The Morgan fingerprint density at radius 3 is 2.85 bits per heavy atom. The van der Waals surface area contributed by atoms with Gasteiger partial charge in [-0.25, -0.2) is 0 Å². The minimum Gasteiger partial charge on any atom is -0.348 e. The SMILES string of the molecule is Cc1cc(C(=O)CSc2nncn2C(C)C)c(C)n1CCc1cccs1. The number of aryl methyl sites for hydroxylation is 2. The molecule has 0 bridgehead atoms. The van der Waals surface area contributed by atoms with E-state index in [-0.39, 0.29) is 11.8 Å². The van der Waals surface area contributed by atoms with Crippen LogP contribution in [0.25, 0.3) is 0 Å². The Morgan fingerprint density at radius 1 is 1.35 bits per heavy atom. The largest absolute Gasteiger partial charge is 0.348 e. The second-order valence-electron chi connectivity index (χ2n) is 6.59. The number of hydrogen-bond donors (Lipinski definition) is 0. The van der Waals surface area contributed by atoms with E-state index in [9.17, 15) is 4.79 Å². The molecular formula is C19H24N4OS2. The fourth-order valence-electron chi connectivity index (χ4n) is 3.00. The molecule has 0 aliphatic rings. The molecule has 3 heterocycles. The highest BCUT2D eigenvalue weighted by atomic mass is 32.2. The molecule has 7 heteroatoms. The summed E-state index contributed by atoms with van der Waals surface area (Å²) in [7, 11) is 0. The van der Waals surface area contributed by atoms with Crippen molar-refractivity contribution < 1.29 is 4.79 Å². The van der Waals surface area contributed by atoms with Gasteiger partial charge in [-0.1, -0.05) is 17.8 Å². The van der Waals surface area contributed by atoms with Crippen molar-refractivity contribution in [3.63, 3.8) is 0 Å². The highest BCUT2D eigenvalue weighted by molar-refractivity contribution is 7.99. The van der Waals surface area contributed by atoms with Crippen molar-refractivity contribution in [2.45, 2.75) is 51.9 Å². The Morgan fingerprint density at radius 2 is 2.15 bits per heavy atom. The van der Waals surface area contributed by atoms with E-state index in [4.69, 9.17) is 0 Å². The number of Topliss-reactive ketones (excluding diaryl/α,β-unsaturated/α-hetero) is 1. The summed E-state index contributed by atoms with van der Waals surface area (Å²) in [5.41, 5.74) is 3.00. The van der Waals surface area contributed by atoms with Crippen LogP contribution in [0, 0.1) is 13.8 Å². The number of carbonyl (C=O) groups excluding carboxylic acids is 1. The maximum Gasteiger partial charge on any atom is 0.191 e. The van der Waals surface area contributed by atoms with E-state index in [1.54, 1.807) is 17.7 Å². The van der Waals surface area contributed by atoms with Crippen LogP contribution in [0.3, 0.4) is 0 Å². The number of nitrogens with zero attached hydrogens (tertiary/aromatic N) is 4. The summed E-state index contributed by atoms with van der Waals surface area (Å²) in [6.07, 6.45) is 2.71. The highest BCUT2D eigenvalue weighted by Crippen LogP contribution is 2.23. The number of hydrogen-bond acceptors (Lipinski definition) is 5. The molecule has 0 aliphatic heterocycles. The number of carbonyl (C=O) groups is 1. The predicted molar refractivity (Wildman–Crippen MR) is 107 cm³/mol. The molecule has 26 heavy (non-hydrogen) atoms. The Kier molecular flexibility index (Phi) is 5.98. The van der Waals surface area contributed by atoms with E-state index in [1.165, 1.54) is 16.6 Å². The van der Waals surface area contributed by atoms with Crippen LogP contribution < -0.4 is 0 Å². The lowest BCUT2D eigenvalue weighted by Gasteiger charge is -2.10. The monoisotopic (exact) mass is 388 g/mol. The van der Waals surface area contributed by atoms with Gasteiger partial charge in [-0.15, -0.1) is 21.5 Å². The van der Waals surface area contributed by atoms with Gasteiger partial charge in [-0.3, -0.25) is 4.79 Å². The first-order valence-corrected chi connectivity index (χ1v) is 10.6. The number of aromatic nitrogens is 4. The van der Waals surface area contributed by atoms with Gasteiger partial charge in [0, 0.05) is 34.4 Å². The van der Waals surface area contributed by atoms with Crippen molar-refractivity contribution in [2.75, 3.05) is 5.75 Å². The Labute approximate surface area is 162 Å². The molecule has 3 rings (SSSR count). The molecule has 138 valence electrons. The summed E-state index contributed by atoms with van der Waals surface area (Å²) in [6.45, 7) is 9.17. The van der Waals surface area contributed by atoms with Crippen LogP contribution in [-0.2, 0) is 13.0 Å². The van der Waals surface area contributed by atoms with Crippen molar-refractivity contribution >= 4 is 28.9 Å². The van der Waals surface area contributed by atoms with Gasteiger partial charge >= 0.3 is 0 Å². The summed E-state index contributed by atoms with van der Waals surface area (Å²) >= 11 is 3.23. The molecule has 0 radical (unpaired) electrons. The molecule has 0 aromatic carbocycles. The number of ketones is 1. The summed E-state index contributed by atoms with van der Waals surface area (Å²) < 4.78 is 4.23. The van der Waals surface area contributed by atoms with E-state index in [1.807, 2.05) is 17.6 Å². The maximum atomic E-state index is 12.8. The number of thiophene rings is 1. The van der Waals surface area contributed by atoms with Gasteiger partial charge in [-0.2, -0.15) is 0 Å². The van der Waals surface area contributed by atoms with E-state index in [0.29, 0.717) is 5.75 Å². The standard InChI is InChI=1S/C19H24N4OS2/c1-13(2)23-12-20-21-19(23)26-11-18(24)17-10-14(3)22(15(17)4)8-7-16-6-5-9-25-16/h5-6,9-10,12-13H,7-8,11H2,1-4H3. The lowest BCUT2D eigenvalue weighted by atomic mass is 10.2. The molecule has 3 aromatic rings. The van der Waals surface area contributed by atoms with Crippen molar-refractivity contribution in [3.05, 3.63) is 51.7 Å². The lowest BCUT2D eigenvalue weighted by molar-refractivity contribution is 0.102. The topological polar surface area (TPSA) is 52.7 Å². The van der Waals surface area contributed by atoms with E-state index in [2.05, 4.69) is 53.0 Å². The third-order valence-electron chi connectivity index (χ3n) is 4.46. The molecule has 3 aromatic heterocycles. The Balaban J connectivity index is 1.67.